The summed E-state index contributed by atoms with van der Waals surface area (Å²) in [6, 6.07) is 0. The van der Waals surface area contributed by atoms with Crippen molar-refractivity contribution in [3.05, 3.63) is 6.30 Å². The van der Waals surface area contributed by atoms with E-state index in [2.05, 4.69) is 9.36 Å². The molecule has 0 unspecified atom stereocenters. The van der Waals surface area contributed by atoms with E-state index < -0.39 is 0 Å². The van der Waals surface area contributed by atoms with Crippen LogP contribution in [0.5, 0.6) is 0 Å². The molecule has 32 valence electrons. The van der Waals surface area contributed by atoms with E-state index in [-0.39, 0.29) is 6.30 Å². The second-order valence-corrected chi connectivity index (χ2v) is 1.52. The fraction of sp³-hybridized carbons (Fsp3) is 0. The lowest BCUT2D eigenvalue weighted by molar-refractivity contribution is 1.34. The van der Waals surface area contributed by atoms with Gasteiger partial charge in [0.1, 0.15) is 7.67 Å². The van der Waals surface area contributed by atoms with Crippen molar-refractivity contribution in [2.45, 2.75) is 0 Å². The summed E-state index contributed by atoms with van der Waals surface area (Å²) >= 11 is 1.03. The number of hydrogen-bond acceptors (Lipinski definition) is 4. The van der Waals surface area contributed by atoms with Gasteiger partial charge in [0.2, 0.25) is 0 Å². The molecule has 1 heterocycles. The monoisotopic (exact) mass is 102 g/mol. The third-order valence-corrected chi connectivity index (χ3v) is 0.791. The number of nitrogens with zero attached hydrogens (tertiary/aromatic N) is 2. The van der Waals surface area contributed by atoms with Crippen molar-refractivity contribution in [1.82, 2.24) is 9.36 Å². The Hall–Kier alpha value is -0.640. The molecular formula is C2H3N3S. The number of hydrogen-bond donors (Lipinski definition) is 1. The van der Waals surface area contributed by atoms with Crippen molar-refractivity contribution < 1.29 is 1.37 Å². The fourth-order valence-electron chi connectivity index (χ4n) is 0.157. The van der Waals surface area contributed by atoms with Gasteiger partial charge in [-0.25, -0.2) is 4.98 Å². The molecule has 0 fully saturated rings. The van der Waals surface area contributed by atoms with E-state index in [9.17, 15) is 0 Å². The van der Waals surface area contributed by atoms with E-state index in [1.807, 2.05) is 0 Å². The van der Waals surface area contributed by atoms with Crippen molar-refractivity contribution >= 4 is 16.7 Å². The summed E-state index contributed by atoms with van der Waals surface area (Å²) in [4.78, 5) is 3.46. The Labute approximate surface area is 40.4 Å². The van der Waals surface area contributed by atoms with Crippen LogP contribution in [0, 0.1) is 0 Å². The maximum Gasteiger partial charge on any atom is 0.199 e. The molecule has 1 rings (SSSR count). The Bertz CT molecular complexity index is 145. The molecule has 0 aliphatic carbocycles. The molecule has 1 aromatic heterocycles. The first-order valence-corrected chi connectivity index (χ1v) is 2.12. The lowest BCUT2D eigenvalue weighted by Gasteiger charge is -1.64. The molecule has 3 nitrogen and oxygen atoms in total. The van der Waals surface area contributed by atoms with Gasteiger partial charge in [-0.05, 0) is 0 Å². The Balaban J connectivity index is 3.04. The van der Waals surface area contributed by atoms with Crippen LogP contribution in [0.3, 0.4) is 0 Å². The zero-order valence-electron chi connectivity index (χ0n) is 3.88. The minimum Gasteiger partial charge on any atom is -0.374 e. The molecule has 0 aromatic carbocycles. The Kier molecular flexibility index (Phi) is 0.511. The standard InChI is InChI=1S/C2H3N3S/c3-2-4-1-5-6-2/h1H,(H2,3,4,5)/i1D. The Morgan fingerprint density at radius 1 is 2.17 bits per heavy atom. The summed E-state index contributed by atoms with van der Waals surface area (Å²) in [6.07, 6.45) is 0.00231. The summed E-state index contributed by atoms with van der Waals surface area (Å²) in [7, 11) is 0. The van der Waals surface area contributed by atoms with Crippen LogP contribution in [-0.2, 0) is 0 Å². The summed E-state index contributed by atoms with van der Waals surface area (Å²) in [5.74, 6) is 0. The lowest BCUT2D eigenvalue weighted by atomic mass is 11.2. The van der Waals surface area contributed by atoms with E-state index in [0.717, 1.165) is 11.5 Å². The van der Waals surface area contributed by atoms with Gasteiger partial charge in [0.05, 0.1) is 0 Å². The van der Waals surface area contributed by atoms with Gasteiger partial charge in [0.25, 0.3) is 0 Å². The smallest absolute Gasteiger partial charge is 0.199 e. The predicted octanol–water partition coefficient (Wildman–Crippen LogP) is 0.120. The molecule has 6 heavy (non-hydrogen) atoms. The number of rotatable bonds is 0. The van der Waals surface area contributed by atoms with Crippen LogP contribution in [0.1, 0.15) is 1.37 Å². The molecule has 0 aliphatic rings. The number of nitrogens with two attached hydrogens (primary N) is 1. The van der Waals surface area contributed by atoms with Crippen LogP contribution in [0.4, 0.5) is 5.13 Å². The third-order valence-electron chi connectivity index (χ3n) is 0.340. The van der Waals surface area contributed by atoms with Crippen LogP contribution in [0.25, 0.3) is 0 Å². The van der Waals surface area contributed by atoms with E-state index in [1.54, 1.807) is 0 Å². The molecule has 0 atom stereocenters. The minimum absolute atomic E-state index is 0.00231. The highest BCUT2D eigenvalue weighted by molar-refractivity contribution is 7.09. The van der Waals surface area contributed by atoms with E-state index in [1.165, 1.54) is 0 Å². The highest BCUT2D eigenvalue weighted by Gasteiger charge is 1.78. The summed E-state index contributed by atoms with van der Waals surface area (Å²) in [6.45, 7) is 0. The average Bonchev–Trinajstić information content (AvgIpc) is 1.87. The van der Waals surface area contributed by atoms with Crippen LogP contribution in [0.2, 0.25) is 0 Å². The zero-order chi connectivity index (χ0) is 5.28. The highest BCUT2D eigenvalue weighted by Crippen LogP contribution is 1.96. The normalized spacial score (nSPS) is 11.0. The van der Waals surface area contributed by atoms with E-state index in [0.29, 0.717) is 5.13 Å². The van der Waals surface area contributed by atoms with Crippen molar-refractivity contribution in [3.63, 3.8) is 0 Å². The largest absolute Gasteiger partial charge is 0.374 e. The number of anilines is 1. The number of aromatic nitrogens is 2. The highest BCUT2D eigenvalue weighted by atomic mass is 32.1. The van der Waals surface area contributed by atoms with Crippen LogP contribution >= 0.6 is 11.5 Å². The molecule has 0 saturated carbocycles. The summed E-state index contributed by atoms with van der Waals surface area (Å²) in [5, 5.41) is 0.352. The maximum atomic E-state index is 6.72. The van der Waals surface area contributed by atoms with Crippen molar-refractivity contribution in [1.29, 1.82) is 0 Å². The second-order valence-electron chi connectivity index (χ2n) is 0.733. The van der Waals surface area contributed by atoms with Gasteiger partial charge < -0.3 is 5.73 Å². The second kappa shape index (κ2) is 1.22. The quantitative estimate of drug-likeness (QED) is 0.506. The molecule has 1 aromatic rings. The molecule has 4 heteroatoms. The molecule has 0 aliphatic heterocycles. The molecule has 0 radical (unpaired) electrons. The fourth-order valence-corrected chi connectivity index (χ4v) is 0.414. The molecule has 0 spiro atoms. The first-order chi connectivity index (χ1) is 3.29. The van der Waals surface area contributed by atoms with Crippen molar-refractivity contribution in [2.24, 2.45) is 0 Å². The van der Waals surface area contributed by atoms with Gasteiger partial charge in [-0.15, -0.1) is 0 Å². The van der Waals surface area contributed by atoms with Gasteiger partial charge in [-0.3, -0.25) is 0 Å². The molecule has 0 saturated heterocycles. The third kappa shape index (κ3) is 0.463. The van der Waals surface area contributed by atoms with Crippen molar-refractivity contribution in [3.8, 4) is 0 Å². The summed E-state index contributed by atoms with van der Waals surface area (Å²) < 4.78 is 10.2. The lowest BCUT2D eigenvalue weighted by Crippen LogP contribution is -1.77. The summed E-state index contributed by atoms with van der Waals surface area (Å²) in [5.41, 5.74) is 5.10. The van der Waals surface area contributed by atoms with E-state index in [4.69, 9.17) is 7.10 Å². The molecule has 2 N–H and O–H groups in total. The first kappa shape index (κ1) is 2.52. The SMILES string of the molecule is [2H]c1nsc(N)n1. The maximum absolute atomic E-state index is 6.72. The van der Waals surface area contributed by atoms with Gasteiger partial charge in [-0.1, -0.05) is 0 Å². The Morgan fingerprint density at radius 3 is 3.17 bits per heavy atom. The van der Waals surface area contributed by atoms with Gasteiger partial charge in [0, 0.05) is 11.5 Å². The van der Waals surface area contributed by atoms with E-state index >= 15 is 0 Å². The van der Waals surface area contributed by atoms with Crippen LogP contribution in [-0.4, -0.2) is 9.36 Å². The van der Waals surface area contributed by atoms with Gasteiger partial charge >= 0.3 is 0 Å². The predicted molar refractivity (Wildman–Crippen MR) is 24.3 cm³/mol. The van der Waals surface area contributed by atoms with Gasteiger partial charge in [-0.2, -0.15) is 4.37 Å². The van der Waals surface area contributed by atoms with Crippen LogP contribution < -0.4 is 5.73 Å². The zero-order valence-corrected chi connectivity index (χ0v) is 3.70. The average molecular weight is 102 g/mol. The van der Waals surface area contributed by atoms with Crippen molar-refractivity contribution in [2.75, 3.05) is 5.73 Å². The van der Waals surface area contributed by atoms with Crippen LogP contribution in [0.15, 0.2) is 6.30 Å². The molecule has 0 amide bonds. The minimum atomic E-state index is 0.00231. The van der Waals surface area contributed by atoms with Gasteiger partial charge in [0.15, 0.2) is 5.13 Å². The topological polar surface area (TPSA) is 51.8 Å². The number of nitrogen functional groups attached to an aromatic ring is 1. The Morgan fingerprint density at radius 2 is 3.00 bits per heavy atom. The first-order valence-electron chi connectivity index (χ1n) is 1.85. The molecule has 0 bridgehead atoms. The molecular weight excluding hydrogens is 98.1 g/mol.